The molecule has 2 aromatic carbocycles. The first kappa shape index (κ1) is 17.9. The molecule has 2 aliphatic heterocycles. The van der Waals surface area contributed by atoms with E-state index in [4.69, 9.17) is 11.6 Å². The van der Waals surface area contributed by atoms with Crippen molar-refractivity contribution in [2.45, 2.75) is 29.5 Å². The minimum Gasteiger partial charge on any atom is -0.286 e. The maximum atomic E-state index is 13.0. The molecule has 4 rings (SSSR count). The largest absolute Gasteiger partial charge is 0.286 e. The van der Waals surface area contributed by atoms with Gasteiger partial charge >= 0.3 is 0 Å². The Hall–Kier alpha value is -2.51. The molecule has 27 heavy (non-hydrogen) atoms. The molecule has 2 heterocycles. The van der Waals surface area contributed by atoms with E-state index < -0.39 is 16.7 Å². The van der Waals surface area contributed by atoms with Crippen LogP contribution >= 0.6 is 23.4 Å². The van der Waals surface area contributed by atoms with Gasteiger partial charge in [-0.05, 0) is 43.2 Å². The van der Waals surface area contributed by atoms with Gasteiger partial charge in [-0.2, -0.15) is 0 Å². The number of hydrazine groups is 1. The Balaban J connectivity index is 1.56. The number of halogens is 1. The van der Waals surface area contributed by atoms with Crippen LogP contribution < -0.4 is 15.8 Å². The van der Waals surface area contributed by atoms with E-state index in [-0.39, 0.29) is 12.3 Å². The monoisotopic (exact) mass is 401 g/mol. The Morgan fingerprint density at radius 1 is 1.19 bits per heavy atom. The van der Waals surface area contributed by atoms with Gasteiger partial charge in [0.15, 0.2) is 4.87 Å². The van der Waals surface area contributed by atoms with E-state index in [0.717, 1.165) is 10.5 Å². The van der Waals surface area contributed by atoms with Gasteiger partial charge < -0.3 is 0 Å². The average molecular weight is 402 g/mol. The molecule has 2 aromatic rings. The number of amides is 3. The van der Waals surface area contributed by atoms with Gasteiger partial charge in [0.25, 0.3) is 11.8 Å². The van der Waals surface area contributed by atoms with Crippen LogP contribution in [0.3, 0.4) is 0 Å². The fourth-order valence-electron chi connectivity index (χ4n) is 3.43. The molecule has 0 bridgehead atoms. The van der Waals surface area contributed by atoms with E-state index in [1.54, 1.807) is 30.3 Å². The standard InChI is InChI=1S/C19H16ClN3O3S/c1-11-4-2-3-5-13(11)17(25)21-22-18(26)19-9-8-16(24)23(19)14-10-12(20)6-7-15(14)27-19/h2-7,10H,8-9H2,1H3,(H,21,25)(H,22,26). The summed E-state index contributed by atoms with van der Waals surface area (Å²) in [5.41, 5.74) is 6.87. The minimum atomic E-state index is -1.11. The molecule has 3 amide bonds. The molecule has 0 spiro atoms. The number of hydrogen-bond donors (Lipinski definition) is 2. The molecule has 0 aromatic heterocycles. The number of nitrogens with zero attached hydrogens (tertiary/aromatic N) is 1. The summed E-state index contributed by atoms with van der Waals surface area (Å²) in [6.07, 6.45) is 0.618. The first-order valence-electron chi connectivity index (χ1n) is 8.40. The fourth-order valence-corrected chi connectivity index (χ4v) is 4.99. The lowest BCUT2D eigenvalue weighted by atomic mass is 10.1. The predicted molar refractivity (Wildman–Crippen MR) is 104 cm³/mol. The molecular weight excluding hydrogens is 386 g/mol. The number of rotatable bonds is 2. The zero-order valence-corrected chi connectivity index (χ0v) is 16.0. The van der Waals surface area contributed by atoms with Crippen LogP contribution in [-0.2, 0) is 9.59 Å². The lowest BCUT2D eigenvalue weighted by Crippen LogP contribution is -2.56. The Kier molecular flexibility index (Phi) is 4.36. The molecule has 1 saturated heterocycles. The second-order valence-corrected chi connectivity index (χ2v) is 8.21. The van der Waals surface area contributed by atoms with Gasteiger partial charge in [-0.15, -0.1) is 0 Å². The molecule has 1 fully saturated rings. The highest BCUT2D eigenvalue weighted by atomic mass is 35.5. The summed E-state index contributed by atoms with van der Waals surface area (Å²) >= 11 is 7.38. The van der Waals surface area contributed by atoms with Crippen molar-refractivity contribution in [3.63, 3.8) is 0 Å². The van der Waals surface area contributed by atoms with Crippen molar-refractivity contribution in [1.82, 2.24) is 10.9 Å². The molecule has 1 atom stereocenters. The van der Waals surface area contributed by atoms with Crippen LogP contribution in [-0.4, -0.2) is 22.6 Å². The topological polar surface area (TPSA) is 78.5 Å². The molecule has 0 saturated carbocycles. The Morgan fingerprint density at radius 2 is 1.96 bits per heavy atom. The SMILES string of the molecule is Cc1ccccc1C(=O)NNC(=O)C12CCC(=O)N1c1cc(Cl)ccc1S2. The van der Waals surface area contributed by atoms with Crippen molar-refractivity contribution < 1.29 is 14.4 Å². The summed E-state index contributed by atoms with van der Waals surface area (Å²) in [5, 5.41) is 0.498. The third-order valence-electron chi connectivity index (χ3n) is 4.76. The highest BCUT2D eigenvalue weighted by Crippen LogP contribution is 2.56. The average Bonchev–Trinajstić information content (AvgIpc) is 3.15. The summed E-state index contributed by atoms with van der Waals surface area (Å²) in [7, 11) is 0. The van der Waals surface area contributed by atoms with Crippen LogP contribution in [0.2, 0.25) is 5.02 Å². The second-order valence-electron chi connectivity index (χ2n) is 6.45. The van der Waals surface area contributed by atoms with Crippen LogP contribution in [0.15, 0.2) is 47.4 Å². The molecular formula is C19H16ClN3O3S. The number of fused-ring (bicyclic) bond motifs is 3. The number of aryl methyl sites for hydroxylation is 1. The maximum Gasteiger partial charge on any atom is 0.275 e. The van der Waals surface area contributed by atoms with E-state index >= 15 is 0 Å². The minimum absolute atomic E-state index is 0.135. The van der Waals surface area contributed by atoms with Gasteiger partial charge in [-0.3, -0.25) is 30.1 Å². The number of carbonyl (C=O) groups is 3. The van der Waals surface area contributed by atoms with Gasteiger partial charge in [0.05, 0.1) is 5.69 Å². The first-order chi connectivity index (χ1) is 12.9. The van der Waals surface area contributed by atoms with Gasteiger partial charge in [0.2, 0.25) is 5.91 Å². The molecule has 1 unspecified atom stereocenters. The van der Waals surface area contributed by atoms with Crippen molar-refractivity contribution in [3.8, 4) is 0 Å². The second kappa shape index (κ2) is 6.58. The lowest BCUT2D eigenvalue weighted by molar-refractivity contribution is -0.125. The van der Waals surface area contributed by atoms with Crippen LogP contribution in [0.5, 0.6) is 0 Å². The number of hydrogen-bond acceptors (Lipinski definition) is 4. The van der Waals surface area contributed by atoms with Crippen LogP contribution in [0.25, 0.3) is 0 Å². The fraction of sp³-hybridized carbons (Fsp3) is 0.211. The normalized spacial score (nSPS) is 20.2. The highest BCUT2D eigenvalue weighted by Gasteiger charge is 2.57. The zero-order chi connectivity index (χ0) is 19.2. The first-order valence-corrected chi connectivity index (χ1v) is 9.60. The highest BCUT2D eigenvalue weighted by molar-refractivity contribution is 8.02. The summed E-state index contributed by atoms with van der Waals surface area (Å²) < 4.78 is 0. The number of benzene rings is 2. The molecule has 2 aliphatic rings. The van der Waals surface area contributed by atoms with Gasteiger partial charge in [0.1, 0.15) is 0 Å². The Labute approximate surface area is 165 Å². The Bertz CT molecular complexity index is 980. The number of carbonyl (C=O) groups excluding carboxylic acids is 3. The van der Waals surface area contributed by atoms with Crippen molar-refractivity contribution in [3.05, 3.63) is 58.6 Å². The van der Waals surface area contributed by atoms with Crippen LogP contribution in [0.4, 0.5) is 5.69 Å². The summed E-state index contributed by atoms with van der Waals surface area (Å²) in [4.78, 5) is 39.0. The Morgan fingerprint density at radius 3 is 2.74 bits per heavy atom. The van der Waals surface area contributed by atoms with Crippen molar-refractivity contribution in [2.24, 2.45) is 0 Å². The van der Waals surface area contributed by atoms with E-state index in [9.17, 15) is 14.4 Å². The molecule has 2 N–H and O–H groups in total. The summed E-state index contributed by atoms with van der Waals surface area (Å²) in [5.74, 6) is -0.978. The molecule has 0 aliphatic carbocycles. The van der Waals surface area contributed by atoms with Gasteiger partial charge in [-0.1, -0.05) is 41.6 Å². The van der Waals surface area contributed by atoms with Crippen molar-refractivity contribution >= 4 is 46.8 Å². The molecule has 8 heteroatoms. The lowest BCUT2D eigenvalue weighted by Gasteiger charge is -2.29. The molecule has 138 valence electrons. The van der Waals surface area contributed by atoms with E-state index in [0.29, 0.717) is 22.7 Å². The summed E-state index contributed by atoms with van der Waals surface area (Å²) in [6, 6.07) is 12.3. The van der Waals surface area contributed by atoms with Crippen molar-refractivity contribution in [1.29, 1.82) is 0 Å². The summed E-state index contributed by atoms with van der Waals surface area (Å²) in [6.45, 7) is 1.82. The van der Waals surface area contributed by atoms with E-state index in [2.05, 4.69) is 10.9 Å². The van der Waals surface area contributed by atoms with Crippen LogP contribution in [0, 0.1) is 6.92 Å². The van der Waals surface area contributed by atoms with Crippen LogP contribution in [0.1, 0.15) is 28.8 Å². The quantitative estimate of drug-likeness (QED) is 0.758. The predicted octanol–water partition coefficient (Wildman–Crippen LogP) is 3.04. The molecule has 0 radical (unpaired) electrons. The van der Waals surface area contributed by atoms with Crippen molar-refractivity contribution in [2.75, 3.05) is 4.90 Å². The smallest absolute Gasteiger partial charge is 0.275 e. The number of nitrogens with one attached hydrogen (secondary N) is 2. The number of anilines is 1. The van der Waals surface area contributed by atoms with E-state index in [1.165, 1.54) is 16.7 Å². The van der Waals surface area contributed by atoms with Gasteiger partial charge in [0, 0.05) is 21.9 Å². The van der Waals surface area contributed by atoms with Gasteiger partial charge in [-0.25, -0.2) is 0 Å². The third-order valence-corrected chi connectivity index (χ3v) is 6.47. The zero-order valence-electron chi connectivity index (χ0n) is 14.4. The maximum absolute atomic E-state index is 13.0. The number of thioether (sulfide) groups is 1. The third kappa shape index (κ3) is 2.87. The molecule has 6 nitrogen and oxygen atoms in total. The van der Waals surface area contributed by atoms with E-state index in [1.807, 2.05) is 19.1 Å².